The first-order valence-electron chi connectivity index (χ1n) is 7.55. The Morgan fingerprint density at radius 1 is 1.25 bits per heavy atom. The standard InChI is InChI=1S/C18H22OS/c1-3-14-11-13(12-20-14)17(19)15-7-5-6-8-16(15)18(4-2)9-10-18/h5-8,11-12,17,19H,3-4,9-10H2,1-2H3. The number of aliphatic hydroxyl groups is 1. The van der Waals surface area contributed by atoms with Crippen LogP contribution in [-0.4, -0.2) is 5.11 Å². The average Bonchev–Trinajstić information content (AvgIpc) is 3.16. The van der Waals surface area contributed by atoms with Crippen LogP contribution in [0.2, 0.25) is 0 Å². The minimum Gasteiger partial charge on any atom is -0.384 e. The number of rotatable bonds is 5. The first kappa shape index (κ1) is 13.8. The number of benzene rings is 1. The van der Waals surface area contributed by atoms with Crippen LogP contribution in [0.5, 0.6) is 0 Å². The molecule has 1 aliphatic carbocycles. The number of hydrogen-bond acceptors (Lipinski definition) is 2. The van der Waals surface area contributed by atoms with E-state index in [1.807, 2.05) is 6.07 Å². The molecular weight excluding hydrogens is 264 g/mol. The Morgan fingerprint density at radius 3 is 2.60 bits per heavy atom. The van der Waals surface area contributed by atoms with E-state index >= 15 is 0 Å². The van der Waals surface area contributed by atoms with Gasteiger partial charge in [0.2, 0.25) is 0 Å². The SMILES string of the molecule is CCc1cc(C(O)c2ccccc2C2(CC)CC2)cs1. The quantitative estimate of drug-likeness (QED) is 0.834. The fourth-order valence-corrected chi connectivity index (χ4v) is 3.94. The molecule has 1 N–H and O–H groups in total. The molecule has 0 spiro atoms. The van der Waals surface area contributed by atoms with Crippen molar-refractivity contribution in [3.63, 3.8) is 0 Å². The topological polar surface area (TPSA) is 20.2 Å². The van der Waals surface area contributed by atoms with Crippen LogP contribution >= 0.6 is 11.3 Å². The highest BCUT2D eigenvalue weighted by Gasteiger charge is 2.44. The molecule has 0 radical (unpaired) electrons. The van der Waals surface area contributed by atoms with Gasteiger partial charge >= 0.3 is 0 Å². The first-order valence-corrected chi connectivity index (χ1v) is 8.43. The second-order valence-electron chi connectivity index (χ2n) is 5.82. The molecule has 1 aliphatic rings. The van der Waals surface area contributed by atoms with Crippen molar-refractivity contribution in [3.05, 3.63) is 57.3 Å². The van der Waals surface area contributed by atoms with Crippen molar-refractivity contribution < 1.29 is 5.11 Å². The van der Waals surface area contributed by atoms with Gasteiger partial charge in [-0.2, -0.15) is 0 Å². The van der Waals surface area contributed by atoms with E-state index in [0.29, 0.717) is 5.41 Å². The summed E-state index contributed by atoms with van der Waals surface area (Å²) in [5, 5.41) is 12.9. The molecule has 0 bridgehead atoms. The lowest BCUT2D eigenvalue weighted by Gasteiger charge is -2.21. The zero-order valence-electron chi connectivity index (χ0n) is 12.2. The summed E-state index contributed by atoms with van der Waals surface area (Å²) in [4.78, 5) is 1.34. The van der Waals surface area contributed by atoms with E-state index in [-0.39, 0.29) is 0 Å². The van der Waals surface area contributed by atoms with Crippen LogP contribution in [0.1, 0.15) is 60.8 Å². The molecule has 0 saturated heterocycles. The molecule has 1 aromatic heterocycles. The summed E-state index contributed by atoms with van der Waals surface area (Å²) in [6.45, 7) is 4.42. The summed E-state index contributed by atoms with van der Waals surface area (Å²) >= 11 is 1.75. The third-order valence-corrected chi connectivity index (χ3v) is 5.79. The van der Waals surface area contributed by atoms with E-state index in [9.17, 15) is 5.11 Å². The molecule has 1 unspecified atom stereocenters. The van der Waals surface area contributed by atoms with E-state index < -0.39 is 6.10 Å². The molecule has 0 aliphatic heterocycles. The predicted molar refractivity (Wildman–Crippen MR) is 85.4 cm³/mol. The van der Waals surface area contributed by atoms with Gasteiger partial charge in [-0.25, -0.2) is 0 Å². The van der Waals surface area contributed by atoms with Crippen molar-refractivity contribution in [3.8, 4) is 0 Å². The van der Waals surface area contributed by atoms with Gasteiger partial charge in [0.1, 0.15) is 6.10 Å². The Balaban J connectivity index is 1.97. The number of thiophene rings is 1. The van der Waals surface area contributed by atoms with E-state index in [0.717, 1.165) is 17.5 Å². The summed E-state index contributed by atoms with van der Waals surface area (Å²) in [6.07, 6.45) is 4.25. The van der Waals surface area contributed by atoms with E-state index in [2.05, 4.69) is 43.5 Å². The normalized spacial score (nSPS) is 17.9. The number of aliphatic hydroxyl groups excluding tert-OH is 1. The minimum absolute atomic E-state index is 0.335. The van der Waals surface area contributed by atoms with Gasteiger partial charge in [-0.05, 0) is 59.2 Å². The van der Waals surface area contributed by atoms with E-state index in [1.165, 1.54) is 29.7 Å². The fourth-order valence-electron chi connectivity index (χ4n) is 3.09. The summed E-state index contributed by atoms with van der Waals surface area (Å²) in [7, 11) is 0. The number of aryl methyl sites for hydroxylation is 1. The molecule has 1 nitrogen and oxygen atoms in total. The van der Waals surface area contributed by atoms with Gasteiger partial charge in [-0.15, -0.1) is 11.3 Å². The van der Waals surface area contributed by atoms with Crippen LogP contribution in [0.15, 0.2) is 35.7 Å². The van der Waals surface area contributed by atoms with Gasteiger partial charge in [-0.3, -0.25) is 0 Å². The van der Waals surface area contributed by atoms with Crippen molar-refractivity contribution in [2.24, 2.45) is 0 Å². The van der Waals surface area contributed by atoms with Crippen LogP contribution in [-0.2, 0) is 11.8 Å². The molecule has 20 heavy (non-hydrogen) atoms. The van der Waals surface area contributed by atoms with E-state index in [1.54, 1.807) is 11.3 Å². The molecule has 0 amide bonds. The molecule has 1 heterocycles. The second kappa shape index (κ2) is 5.34. The Morgan fingerprint density at radius 2 is 2.00 bits per heavy atom. The van der Waals surface area contributed by atoms with Gasteiger partial charge in [0.05, 0.1) is 0 Å². The highest BCUT2D eigenvalue weighted by Crippen LogP contribution is 2.53. The molecule has 1 saturated carbocycles. The van der Waals surface area contributed by atoms with Gasteiger partial charge in [0.15, 0.2) is 0 Å². The molecule has 2 aromatic rings. The zero-order chi connectivity index (χ0) is 14.2. The summed E-state index contributed by atoms with van der Waals surface area (Å²) in [6, 6.07) is 10.6. The molecule has 1 fully saturated rings. The molecule has 3 rings (SSSR count). The molecule has 1 aromatic carbocycles. The van der Waals surface area contributed by atoms with Gasteiger partial charge in [0, 0.05) is 4.88 Å². The zero-order valence-corrected chi connectivity index (χ0v) is 13.0. The first-order chi connectivity index (χ1) is 9.70. The van der Waals surface area contributed by atoms with Crippen molar-refractivity contribution in [1.29, 1.82) is 0 Å². The van der Waals surface area contributed by atoms with Gasteiger partial charge in [-0.1, -0.05) is 38.1 Å². The van der Waals surface area contributed by atoms with Crippen molar-refractivity contribution in [2.75, 3.05) is 0 Å². The highest BCUT2D eigenvalue weighted by atomic mass is 32.1. The maximum atomic E-state index is 10.8. The maximum absolute atomic E-state index is 10.8. The Labute approximate surface area is 125 Å². The minimum atomic E-state index is -0.480. The molecular formula is C18H22OS. The van der Waals surface area contributed by atoms with Crippen molar-refractivity contribution in [2.45, 2.75) is 51.0 Å². The largest absolute Gasteiger partial charge is 0.384 e. The summed E-state index contributed by atoms with van der Waals surface area (Å²) in [5.41, 5.74) is 3.85. The molecule has 2 heteroatoms. The number of hydrogen-bond donors (Lipinski definition) is 1. The van der Waals surface area contributed by atoms with Crippen LogP contribution in [0, 0.1) is 0 Å². The lowest BCUT2D eigenvalue weighted by atomic mass is 9.86. The van der Waals surface area contributed by atoms with Crippen LogP contribution in [0.25, 0.3) is 0 Å². The second-order valence-corrected chi connectivity index (χ2v) is 6.82. The monoisotopic (exact) mass is 286 g/mol. The third-order valence-electron chi connectivity index (χ3n) is 4.70. The lowest BCUT2D eigenvalue weighted by Crippen LogP contribution is -2.11. The Hall–Kier alpha value is -1.12. The van der Waals surface area contributed by atoms with Crippen molar-refractivity contribution in [1.82, 2.24) is 0 Å². The average molecular weight is 286 g/mol. The van der Waals surface area contributed by atoms with Gasteiger partial charge in [0.25, 0.3) is 0 Å². The van der Waals surface area contributed by atoms with Crippen LogP contribution in [0.4, 0.5) is 0 Å². The highest BCUT2D eigenvalue weighted by molar-refractivity contribution is 7.10. The Kier molecular flexibility index (Phi) is 3.70. The lowest BCUT2D eigenvalue weighted by molar-refractivity contribution is 0.218. The van der Waals surface area contributed by atoms with Gasteiger partial charge < -0.3 is 5.11 Å². The molecule has 1 atom stereocenters. The predicted octanol–water partition coefficient (Wildman–Crippen LogP) is 4.83. The van der Waals surface area contributed by atoms with E-state index in [4.69, 9.17) is 0 Å². The third kappa shape index (κ3) is 2.32. The van der Waals surface area contributed by atoms with Crippen molar-refractivity contribution >= 4 is 11.3 Å². The molecule has 106 valence electrons. The smallest absolute Gasteiger partial charge is 0.105 e. The summed E-state index contributed by atoms with van der Waals surface area (Å²) in [5.74, 6) is 0. The fraction of sp³-hybridized carbons (Fsp3) is 0.444. The van der Waals surface area contributed by atoms with Crippen LogP contribution < -0.4 is 0 Å². The maximum Gasteiger partial charge on any atom is 0.105 e. The Bertz CT molecular complexity index is 595. The summed E-state index contributed by atoms with van der Waals surface area (Å²) < 4.78 is 0. The van der Waals surface area contributed by atoms with Crippen LogP contribution in [0.3, 0.4) is 0 Å².